The molecule has 1 amide bonds. The van der Waals surface area contributed by atoms with Gasteiger partial charge in [-0.15, -0.1) is 11.3 Å². The van der Waals surface area contributed by atoms with Crippen molar-refractivity contribution in [3.05, 3.63) is 73.4 Å². The molecule has 2 heterocycles. The minimum atomic E-state index is -0.601. The first-order chi connectivity index (χ1) is 14.7. The average molecular weight is 442 g/mol. The molecule has 0 aliphatic heterocycles. The third-order valence-electron chi connectivity index (χ3n) is 4.70. The third kappa shape index (κ3) is 4.66. The molecule has 0 bridgehead atoms. The number of rotatable bonds is 6. The molecule has 0 spiro atoms. The molecule has 0 saturated carbocycles. The standard InChI is InChI=1S/C22H23N3O5S/c1-5-30-21(28)19-18(15-8-6-13(2)7-9-15)14(3)31-20(19)23-16(26)12-25-17(27)10-11-24(4)22(25)29/h6-11H,5,12H2,1-4H3,(H,23,26). The van der Waals surface area contributed by atoms with Crippen LogP contribution >= 0.6 is 11.3 Å². The lowest BCUT2D eigenvalue weighted by atomic mass is 10.0. The highest BCUT2D eigenvalue weighted by Gasteiger charge is 2.25. The van der Waals surface area contributed by atoms with Crippen LogP contribution in [0.2, 0.25) is 0 Å². The van der Waals surface area contributed by atoms with Crippen LogP contribution in [0.4, 0.5) is 5.00 Å². The maximum absolute atomic E-state index is 12.8. The number of nitrogens with one attached hydrogen (secondary N) is 1. The van der Waals surface area contributed by atoms with E-state index in [4.69, 9.17) is 4.74 Å². The number of amides is 1. The molecule has 162 valence electrons. The van der Waals surface area contributed by atoms with E-state index < -0.39 is 29.7 Å². The maximum Gasteiger partial charge on any atom is 0.341 e. The van der Waals surface area contributed by atoms with Gasteiger partial charge < -0.3 is 14.6 Å². The number of carbonyl (C=O) groups is 2. The van der Waals surface area contributed by atoms with Gasteiger partial charge in [-0.1, -0.05) is 29.8 Å². The Bertz CT molecular complexity index is 1250. The Kier molecular flexibility index (Phi) is 6.55. The molecule has 3 aromatic rings. The zero-order valence-electron chi connectivity index (χ0n) is 17.7. The number of hydrogen-bond donors (Lipinski definition) is 1. The fourth-order valence-electron chi connectivity index (χ4n) is 3.17. The van der Waals surface area contributed by atoms with Crippen LogP contribution in [0.1, 0.15) is 27.7 Å². The minimum Gasteiger partial charge on any atom is -0.462 e. The topological polar surface area (TPSA) is 99.4 Å². The van der Waals surface area contributed by atoms with E-state index in [-0.39, 0.29) is 12.2 Å². The predicted octanol–water partition coefficient (Wildman–Crippen LogP) is 2.71. The van der Waals surface area contributed by atoms with E-state index in [1.165, 1.54) is 35.2 Å². The molecule has 0 atom stereocenters. The fourth-order valence-corrected chi connectivity index (χ4v) is 4.25. The number of esters is 1. The molecular formula is C22H23N3O5S. The largest absolute Gasteiger partial charge is 0.462 e. The quantitative estimate of drug-likeness (QED) is 0.593. The molecule has 0 aliphatic carbocycles. The number of carbonyl (C=O) groups excluding carboxylic acids is 2. The molecule has 0 fully saturated rings. The number of aromatic nitrogens is 2. The first-order valence-corrected chi connectivity index (χ1v) is 10.5. The number of anilines is 1. The Balaban J connectivity index is 2.00. The second-order valence-electron chi connectivity index (χ2n) is 7.01. The first-order valence-electron chi connectivity index (χ1n) is 9.66. The van der Waals surface area contributed by atoms with Gasteiger partial charge in [-0.2, -0.15) is 0 Å². The summed E-state index contributed by atoms with van der Waals surface area (Å²) >= 11 is 1.24. The molecule has 0 aliphatic rings. The molecule has 0 unspecified atom stereocenters. The van der Waals surface area contributed by atoms with Gasteiger partial charge in [-0.25, -0.2) is 9.59 Å². The van der Waals surface area contributed by atoms with Crippen LogP contribution in [-0.2, 0) is 23.1 Å². The van der Waals surface area contributed by atoms with Crippen LogP contribution in [0, 0.1) is 13.8 Å². The van der Waals surface area contributed by atoms with Crippen molar-refractivity contribution in [1.82, 2.24) is 9.13 Å². The molecular weight excluding hydrogens is 418 g/mol. The molecule has 0 saturated heterocycles. The molecule has 31 heavy (non-hydrogen) atoms. The normalized spacial score (nSPS) is 10.7. The summed E-state index contributed by atoms with van der Waals surface area (Å²) < 4.78 is 7.28. The van der Waals surface area contributed by atoms with Gasteiger partial charge >= 0.3 is 11.7 Å². The number of nitrogens with zero attached hydrogens (tertiary/aromatic N) is 2. The Morgan fingerprint density at radius 1 is 1.10 bits per heavy atom. The zero-order chi connectivity index (χ0) is 22.7. The highest BCUT2D eigenvalue weighted by Crippen LogP contribution is 2.40. The summed E-state index contributed by atoms with van der Waals surface area (Å²) in [4.78, 5) is 50.4. The average Bonchev–Trinajstić information content (AvgIpc) is 3.04. The Labute approximate surface area is 182 Å². The van der Waals surface area contributed by atoms with Gasteiger partial charge in [-0.05, 0) is 26.3 Å². The van der Waals surface area contributed by atoms with E-state index in [2.05, 4.69) is 5.32 Å². The number of benzene rings is 1. The van der Waals surface area contributed by atoms with Crippen molar-refractivity contribution >= 4 is 28.2 Å². The lowest BCUT2D eigenvalue weighted by Crippen LogP contribution is -2.40. The monoisotopic (exact) mass is 441 g/mol. The smallest absolute Gasteiger partial charge is 0.341 e. The van der Waals surface area contributed by atoms with E-state index in [1.54, 1.807) is 6.92 Å². The molecule has 1 N–H and O–H groups in total. The minimum absolute atomic E-state index is 0.184. The summed E-state index contributed by atoms with van der Waals surface area (Å²) in [6.07, 6.45) is 1.34. The molecule has 2 aromatic heterocycles. The second-order valence-corrected chi connectivity index (χ2v) is 8.23. The highest BCUT2D eigenvalue weighted by molar-refractivity contribution is 7.17. The van der Waals surface area contributed by atoms with Crippen LogP contribution < -0.4 is 16.6 Å². The second kappa shape index (κ2) is 9.13. The van der Waals surface area contributed by atoms with E-state index >= 15 is 0 Å². The summed E-state index contributed by atoms with van der Waals surface area (Å²) in [5, 5.41) is 3.00. The summed E-state index contributed by atoms with van der Waals surface area (Å²) in [5.74, 6) is -1.14. The van der Waals surface area contributed by atoms with Gasteiger partial charge in [0.1, 0.15) is 17.1 Å². The summed E-state index contributed by atoms with van der Waals surface area (Å²) in [6, 6.07) is 8.91. The van der Waals surface area contributed by atoms with Gasteiger partial charge in [0.15, 0.2) is 0 Å². The van der Waals surface area contributed by atoms with Crippen LogP contribution in [0.3, 0.4) is 0 Å². The number of aryl methyl sites for hydroxylation is 3. The van der Waals surface area contributed by atoms with Gasteiger partial charge in [0.25, 0.3) is 5.56 Å². The number of thiophene rings is 1. The lowest BCUT2D eigenvalue weighted by Gasteiger charge is -2.10. The molecule has 3 rings (SSSR count). The molecule has 8 nitrogen and oxygen atoms in total. The van der Waals surface area contributed by atoms with E-state index in [9.17, 15) is 19.2 Å². The molecule has 9 heteroatoms. The zero-order valence-corrected chi connectivity index (χ0v) is 18.5. The highest BCUT2D eigenvalue weighted by atomic mass is 32.1. The van der Waals surface area contributed by atoms with Crippen molar-refractivity contribution in [3.8, 4) is 11.1 Å². The first kappa shape index (κ1) is 22.2. The van der Waals surface area contributed by atoms with Crippen LogP contribution in [0.15, 0.2) is 46.1 Å². The van der Waals surface area contributed by atoms with Crippen molar-refractivity contribution in [2.24, 2.45) is 7.05 Å². The van der Waals surface area contributed by atoms with Crippen LogP contribution in [0.25, 0.3) is 11.1 Å². The lowest BCUT2D eigenvalue weighted by molar-refractivity contribution is -0.116. The van der Waals surface area contributed by atoms with Gasteiger partial charge in [0, 0.05) is 29.8 Å². The van der Waals surface area contributed by atoms with Gasteiger partial charge in [0.2, 0.25) is 5.91 Å². The van der Waals surface area contributed by atoms with Crippen molar-refractivity contribution in [2.45, 2.75) is 27.3 Å². The van der Waals surface area contributed by atoms with Crippen LogP contribution in [-0.4, -0.2) is 27.6 Å². The van der Waals surface area contributed by atoms with E-state index in [1.807, 2.05) is 38.1 Å². The van der Waals surface area contributed by atoms with E-state index in [0.29, 0.717) is 10.6 Å². The van der Waals surface area contributed by atoms with Crippen molar-refractivity contribution in [1.29, 1.82) is 0 Å². The maximum atomic E-state index is 12.8. The molecule has 0 radical (unpaired) electrons. The van der Waals surface area contributed by atoms with Gasteiger partial charge in [0.05, 0.1) is 6.61 Å². The summed E-state index contributed by atoms with van der Waals surface area (Å²) in [5.41, 5.74) is 1.68. The third-order valence-corrected chi connectivity index (χ3v) is 5.72. The van der Waals surface area contributed by atoms with Crippen LogP contribution in [0.5, 0.6) is 0 Å². The van der Waals surface area contributed by atoms with E-state index in [0.717, 1.165) is 20.6 Å². The Morgan fingerprint density at radius 2 is 1.77 bits per heavy atom. The SMILES string of the molecule is CCOC(=O)c1c(NC(=O)Cn2c(=O)ccn(C)c2=O)sc(C)c1-c1ccc(C)cc1. The van der Waals surface area contributed by atoms with Crippen molar-refractivity contribution < 1.29 is 14.3 Å². The number of ether oxygens (including phenoxy) is 1. The Morgan fingerprint density at radius 3 is 2.42 bits per heavy atom. The summed E-state index contributed by atoms with van der Waals surface area (Å²) in [6.45, 7) is 5.25. The van der Waals surface area contributed by atoms with Gasteiger partial charge in [-0.3, -0.25) is 14.2 Å². The fraction of sp³-hybridized carbons (Fsp3) is 0.273. The van der Waals surface area contributed by atoms with Crippen molar-refractivity contribution in [2.75, 3.05) is 11.9 Å². The molecule has 1 aromatic carbocycles. The van der Waals surface area contributed by atoms with Crippen molar-refractivity contribution in [3.63, 3.8) is 0 Å². The summed E-state index contributed by atoms with van der Waals surface area (Å²) in [7, 11) is 1.49. The predicted molar refractivity (Wildman–Crippen MR) is 120 cm³/mol. The Hall–Kier alpha value is -3.46. The number of hydrogen-bond acceptors (Lipinski definition) is 6.